The van der Waals surface area contributed by atoms with Crippen molar-refractivity contribution in [2.45, 2.75) is 70.6 Å². The van der Waals surface area contributed by atoms with E-state index in [4.69, 9.17) is 0 Å². The molecule has 1 aliphatic heterocycles. The van der Waals surface area contributed by atoms with Crippen molar-refractivity contribution in [2.75, 3.05) is 11.4 Å². The van der Waals surface area contributed by atoms with Crippen molar-refractivity contribution in [3.05, 3.63) is 142 Å². The van der Waals surface area contributed by atoms with Crippen LogP contribution in [0.15, 0.2) is 162 Å². The molecule has 0 bridgehead atoms. The fourth-order valence-corrected chi connectivity index (χ4v) is 11.7. The van der Waals surface area contributed by atoms with Gasteiger partial charge in [-0.3, -0.25) is 0 Å². The van der Waals surface area contributed by atoms with E-state index in [1.165, 1.54) is 49.2 Å². The van der Waals surface area contributed by atoms with Crippen molar-refractivity contribution in [3.63, 3.8) is 0 Å². The maximum absolute atomic E-state index is 13.3. The van der Waals surface area contributed by atoms with Crippen molar-refractivity contribution in [3.8, 4) is 0 Å². The third-order valence-corrected chi connectivity index (χ3v) is 14.7. The molecule has 0 spiro atoms. The molecule has 8 rings (SSSR count). The summed E-state index contributed by atoms with van der Waals surface area (Å²) in [5.41, 5.74) is 6.48. The average molecular weight is 732 g/mol. The fraction of sp³-hybridized carbons (Fsp3) is 0.214. The molecular weight excluding hydrogens is 693 g/mol. The number of benzene rings is 4. The van der Waals surface area contributed by atoms with Gasteiger partial charge in [-0.05, 0) is 123 Å². The summed E-state index contributed by atoms with van der Waals surface area (Å²) in [5.74, 6) is 0.608. The molecule has 8 heteroatoms. The van der Waals surface area contributed by atoms with Crippen molar-refractivity contribution in [1.29, 1.82) is 0 Å². The van der Waals surface area contributed by atoms with Gasteiger partial charge in [-0.1, -0.05) is 71.6 Å². The van der Waals surface area contributed by atoms with Crippen molar-refractivity contribution in [1.82, 2.24) is 0 Å². The van der Waals surface area contributed by atoms with Crippen LogP contribution in [0.3, 0.4) is 0 Å². The van der Waals surface area contributed by atoms with Crippen LogP contribution < -0.4 is 9.47 Å². The molecule has 2 aliphatic carbocycles. The molecule has 5 aromatic rings. The zero-order valence-electron chi connectivity index (χ0n) is 28.2. The Hall–Kier alpha value is -3.82. The number of hydrogen-bond donors (Lipinski definition) is 0. The average Bonchev–Trinajstić information content (AvgIpc) is 3.70. The minimum absolute atomic E-state index is 0.608. The highest BCUT2D eigenvalue weighted by atomic mass is 32.2. The van der Waals surface area contributed by atoms with Crippen LogP contribution in [0.1, 0.15) is 44.5 Å². The van der Waals surface area contributed by atoms with Gasteiger partial charge in [0.05, 0.1) is 37.2 Å². The smallest absolute Gasteiger partial charge is 0.263 e. The third-order valence-electron chi connectivity index (χ3n) is 9.73. The molecule has 4 nitrogen and oxygen atoms in total. The van der Waals surface area contributed by atoms with E-state index >= 15 is 0 Å². The van der Waals surface area contributed by atoms with Gasteiger partial charge in [0.2, 0.25) is 5.52 Å². The van der Waals surface area contributed by atoms with E-state index in [0.717, 1.165) is 56.7 Å². The Kier molecular flexibility index (Phi) is 9.62. The lowest BCUT2D eigenvalue weighted by molar-refractivity contribution is -0.665. The van der Waals surface area contributed by atoms with Gasteiger partial charge < -0.3 is 4.90 Å². The van der Waals surface area contributed by atoms with E-state index in [0.29, 0.717) is 5.92 Å². The van der Waals surface area contributed by atoms with Gasteiger partial charge in [0.25, 0.3) is 5.01 Å². The maximum Gasteiger partial charge on any atom is 0.263 e. The number of aryl methyl sites for hydroxylation is 1. The van der Waals surface area contributed by atoms with Gasteiger partial charge in [-0.25, -0.2) is 8.42 Å². The lowest BCUT2D eigenvalue weighted by Gasteiger charge is -2.28. The van der Waals surface area contributed by atoms with Gasteiger partial charge in [0.15, 0.2) is 0 Å². The summed E-state index contributed by atoms with van der Waals surface area (Å²) in [4.78, 5) is 6.92. The molecule has 0 radical (unpaired) electrons. The number of aromatic nitrogens is 1. The molecule has 0 saturated carbocycles. The van der Waals surface area contributed by atoms with E-state index in [2.05, 4.69) is 71.9 Å². The minimum atomic E-state index is -1.21. The quantitative estimate of drug-likeness (QED) is 0.149. The lowest BCUT2D eigenvalue weighted by Crippen LogP contribution is -2.33. The van der Waals surface area contributed by atoms with Crippen LogP contribution >= 0.6 is 23.1 Å². The topological polar surface area (TPSA) is 41.3 Å². The molecule has 2 heterocycles. The summed E-state index contributed by atoms with van der Waals surface area (Å²) in [6.45, 7) is 6.09. The molecule has 50 heavy (non-hydrogen) atoms. The van der Waals surface area contributed by atoms with Crippen molar-refractivity contribution in [2.24, 2.45) is 5.92 Å². The van der Waals surface area contributed by atoms with Gasteiger partial charge in [0, 0.05) is 38.3 Å². The van der Waals surface area contributed by atoms with Crippen LogP contribution in [0.5, 0.6) is 0 Å². The Balaban J connectivity index is 1.06. The maximum atomic E-state index is 13.3. The third kappa shape index (κ3) is 6.55. The Labute approximate surface area is 307 Å². The number of allylic oxidation sites excluding steroid dienone is 6. The van der Waals surface area contributed by atoms with Crippen LogP contribution in [0.2, 0.25) is 0 Å². The zero-order chi connectivity index (χ0) is 34.2. The molecule has 252 valence electrons. The molecule has 3 unspecified atom stereocenters. The van der Waals surface area contributed by atoms with E-state index < -0.39 is 21.6 Å². The first-order chi connectivity index (χ1) is 24.5. The van der Waals surface area contributed by atoms with Crippen molar-refractivity contribution >= 4 is 66.7 Å². The standard InChI is InChI=1S/C42H39N2O2S4/c1-3-43-37-27-35(49(45)33-11-7-5-8-12-33)19-21-39(37)47-41(43)25-29-15-17-31-18-16-30(24-32(31)23-29)26-42-44(4-2)38-28-36(20-22-40(38)48-42)50(46)34-13-9-6-10-14-34/h5-14,19-28,31H,3-4,15-18H2,1-2H3/q+1. The summed E-state index contributed by atoms with van der Waals surface area (Å²) >= 11 is 3.63. The zero-order valence-corrected chi connectivity index (χ0v) is 31.5. The molecule has 3 aliphatic rings. The summed E-state index contributed by atoms with van der Waals surface area (Å²) in [6.07, 6.45) is 14.2. The largest absolute Gasteiger partial charge is 0.335 e. The number of fused-ring (bicyclic) bond motifs is 3. The summed E-state index contributed by atoms with van der Waals surface area (Å²) in [5, 5.41) is 2.48. The Morgan fingerprint density at radius 2 is 1.46 bits per heavy atom. The Bertz CT molecular complexity index is 2270. The van der Waals surface area contributed by atoms with Gasteiger partial charge >= 0.3 is 0 Å². The number of thioether (sulfide) groups is 1. The lowest BCUT2D eigenvalue weighted by atomic mass is 9.77. The summed E-state index contributed by atoms with van der Waals surface area (Å²) < 4.78 is 30.2. The Morgan fingerprint density at radius 3 is 2.16 bits per heavy atom. The first kappa shape index (κ1) is 33.3. The summed E-state index contributed by atoms with van der Waals surface area (Å²) in [7, 11) is -2.41. The van der Waals surface area contributed by atoms with E-state index in [9.17, 15) is 8.42 Å². The second kappa shape index (κ2) is 14.4. The first-order valence-electron chi connectivity index (χ1n) is 17.3. The molecule has 4 aromatic carbocycles. The minimum Gasteiger partial charge on any atom is -0.335 e. The van der Waals surface area contributed by atoms with Crippen molar-refractivity contribution < 1.29 is 13.0 Å². The number of nitrogens with zero attached hydrogens (tertiary/aromatic N) is 2. The van der Waals surface area contributed by atoms with E-state index in [1.54, 1.807) is 0 Å². The fourth-order valence-electron chi connectivity index (χ4n) is 7.17. The molecule has 0 N–H and O–H groups in total. The number of thiazole rings is 1. The van der Waals surface area contributed by atoms with Crippen LogP contribution in [-0.4, -0.2) is 15.0 Å². The molecule has 3 atom stereocenters. The van der Waals surface area contributed by atoms with Crippen LogP contribution in [0.4, 0.5) is 5.69 Å². The van der Waals surface area contributed by atoms with Gasteiger partial charge in [0.1, 0.15) is 11.2 Å². The first-order valence-corrected chi connectivity index (χ1v) is 21.3. The van der Waals surface area contributed by atoms with Gasteiger partial charge in [-0.15, -0.1) is 0 Å². The molecule has 0 fully saturated rings. The molecular formula is C42H39N2O2S4+. The number of hydrogen-bond acceptors (Lipinski definition) is 5. The van der Waals surface area contributed by atoms with E-state index in [1.807, 2.05) is 95.9 Å². The second-order valence-corrected chi connectivity index (χ2v) is 17.9. The number of anilines is 1. The Morgan fingerprint density at radius 1 is 0.780 bits per heavy atom. The predicted molar refractivity (Wildman–Crippen MR) is 209 cm³/mol. The highest BCUT2D eigenvalue weighted by molar-refractivity contribution is 8.03. The predicted octanol–water partition coefficient (Wildman–Crippen LogP) is 10.5. The van der Waals surface area contributed by atoms with Gasteiger partial charge in [-0.2, -0.15) is 4.57 Å². The number of rotatable bonds is 8. The summed E-state index contributed by atoms with van der Waals surface area (Å²) in [6, 6.07) is 31.9. The van der Waals surface area contributed by atoms with Crippen LogP contribution in [-0.2, 0) is 28.1 Å². The van der Waals surface area contributed by atoms with E-state index in [-0.39, 0.29) is 0 Å². The molecule has 0 amide bonds. The van der Waals surface area contributed by atoms with Crippen LogP contribution in [0.25, 0.3) is 16.3 Å². The highest BCUT2D eigenvalue weighted by Gasteiger charge is 2.28. The molecule has 0 saturated heterocycles. The monoisotopic (exact) mass is 731 g/mol. The molecule has 1 aromatic heterocycles. The SMILES string of the molecule is CCN1/C(=C/C2=CC3=C/C(=C/c4sc5ccc(S(=O)c6ccccc6)cc5[n+]4CC)CCC3CC2)Sc2ccc(S(=O)c3ccccc3)cc21. The van der Waals surface area contributed by atoms with Crippen LogP contribution in [0, 0.1) is 5.92 Å². The second-order valence-electron chi connectivity index (χ2n) is 12.8. The highest BCUT2D eigenvalue weighted by Crippen LogP contribution is 2.48. The normalized spacial score (nSPS) is 20.0.